The first kappa shape index (κ1) is 20.4. The van der Waals surface area contributed by atoms with Crippen LogP contribution in [0.3, 0.4) is 0 Å². The van der Waals surface area contributed by atoms with Crippen molar-refractivity contribution in [2.45, 2.75) is 12.5 Å². The Labute approximate surface area is 170 Å². The highest BCUT2D eigenvalue weighted by Gasteiger charge is 2.15. The van der Waals surface area contributed by atoms with Crippen LogP contribution in [-0.4, -0.2) is 41.1 Å². The van der Waals surface area contributed by atoms with E-state index in [4.69, 9.17) is 14.6 Å². The third-order valence-corrected chi connectivity index (χ3v) is 4.34. The molecule has 1 unspecified atom stereocenters. The van der Waals surface area contributed by atoms with E-state index in [2.05, 4.69) is 4.98 Å². The number of rotatable bonds is 10. The maximum atomic E-state index is 10.9. The molecule has 150 valence electrons. The number of carbonyl (C=O) groups is 1. The minimum Gasteiger partial charge on any atom is -0.486 e. The molecule has 1 aromatic heterocycles. The van der Waals surface area contributed by atoms with Gasteiger partial charge in [0.1, 0.15) is 23.4 Å². The molecule has 0 spiro atoms. The highest BCUT2D eigenvalue weighted by atomic mass is 16.5. The molecule has 3 aromatic rings. The van der Waals surface area contributed by atoms with Crippen molar-refractivity contribution in [2.75, 3.05) is 20.1 Å². The maximum Gasteiger partial charge on any atom is 0.317 e. The lowest BCUT2D eigenvalue weighted by Crippen LogP contribution is -2.28. The van der Waals surface area contributed by atoms with E-state index in [1.165, 1.54) is 0 Å². The summed E-state index contributed by atoms with van der Waals surface area (Å²) < 4.78 is 12.0. The summed E-state index contributed by atoms with van der Waals surface area (Å²) in [6.45, 7) is 0.609. The molecular weight excluding hydrogens is 368 g/mol. The van der Waals surface area contributed by atoms with Gasteiger partial charge < -0.3 is 14.6 Å². The fraction of sp³-hybridized carbons (Fsp3) is 0.217. The minimum atomic E-state index is -0.838. The van der Waals surface area contributed by atoms with Crippen LogP contribution in [-0.2, 0) is 4.79 Å². The molecule has 0 saturated heterocycles. The molecule has 0 aliphatic heterocycles. The number of aliphatic carboxylic acids is 1. The molecule has 6 heteroatoms. The Morgan fingerprint density at radius 2 is 1.59 bits per heavy atom. The molecule has 0 amide bonds. The summed E-state index contributed by atoms with van der Waals surface area (Å²) in [6, 6.07) is 21.0. The third-order valence-electron chi connectivity index (χ3n) is 4.34. The van der Waals surface area contributed by atoms with Crippen LogP contribution >= 0.6 is 0 Å². The summed E-state index contributed by atoms with van der Waals surface area (Å²) in [5, 5.41) is 8.94. The van der Waals surface area contributed by atoms with Gasteiger partial charge in [-0.05, 0) is 49.0 Å². The Morgan fingerprint density at radius 3 is 2.24 bits per heavy atom. The van der Waals surface area contributed by atoms with E-state index in [9.17, 15) is 4.79 Å². The van der Waals surface area contributed by atoms with E-state index in [0.29, 0.717) is 18.7 Å². The summed E-state index contributed by atoms with van der Waals surface area (Å²) in [5.41, 5.74) is 1.05. The van der Waals surface area contributed by atoms with E-state index in [-0.39, 0.29) is 12.6 Å². The number of aromatic nitrogens is 1. The molecule has 1 N–H and O–H groups in total. The van der Waals surface area contributed by atoms with Crippen LogP contribution in [0.5, 0.6) is 17.2 Å². The molecule has 0 aliphatic carbocycles. The topological polar surface area (TPSA) is 71.9 Å². The Kier molecular flexibility index (Phi) is 7.19. The van der Waals surface area contributed by atoms with Crippen molar-refractivity contribution in [1.82, 2.24) is 9.88 Å². The zero-order chi connectivity index (χ0) is 20.5. The van der Waals surface area contributed by atoms with E-state index < -0.39 is 5.97 Å². The Bertz CT molecular complexity index is 886. The van der Waals surface area contributed by atoms with E-state index in [1.807, 2.05) is 54.6 Å². The summed E-state index contributed by atoms with van der Waals surface area (Å²) in [7, 11) is 1.79. The summed E-state index contributed by atoms with van der Waals surface area (Å²) >= 11 is 0. The van der Waals surface area contributed by atoms with Gasteiger partial charge in [-0.3, -0.25) is 14.7 Å². The van der Waals surface area contributed by atoms with Gasteiger partial charge in [0, 0.05) is 25.4 Å². The minimum absolute atomic E-state index is 0.00253. The standard InChI is InChI=1S/C23H24N2O4/c1-25(17-23(26)27)16-13-22(18-5-3-2-4-6-18)29-20-9-7-19(8-10-20)28-21-11-14-24-15-12-21/h2-12,14-15,22H,13,16-17H2,1H3,(H,26,27). The number of ether oxygens (including phenoxy) is 2. The molecule has 1 heterocycles. The van der Waals surface area contributed by atoms with Gasteiger partial charge in [-0.15, -0.1) is 0 Å². The molecule has 0 bridgehead atoms. The molecule has 0 saturated carbocycles. The number of carboxylic acids is 1. The molecule has 3 rings (SSSR count). The smallest absolute Gasteiger partial charge is 0.317 e. The molecule has 6 nitrogen and oxygen atoms in total. The van der Waals surface area contributed by atoms with E-state index in [1.54, 1.807) is 36.5 Å². The third kappa shape index (κ3) is 6.62. The van der Waals surface area contributed by atoms with Crippen LogP contribution < -0.4 is 9.47 Å². The van der Waals surface area contributed by atoms with Gasteiger partial charge in [-0.2, -0.15) is 0 Å². The van der Waals surface area contributed by atoms with E-state index in [0.717, 1.165) is 17.1 Å². The van der Waals surface area contributed by atoms with Crippen LogP contribution in [0.15, 0.2) is 79.1 Å². The van der Waals surface area contributed by atoms with Crippen LogP contribution in [0.25, 0.3) is 0 Å². The molecule has 2 aromatic carbocycles. The number of hydrogen-bond donors (Lipinski definition) is 1. The van der Waals surface area contributed by atoms with Crippen molar-refractivity contribution in [3.8, 4) is 17.2 Å². The monoisotopic (exact) mass is 392 g/mol. The Balaban J connectivity index is 1.66. The predicted molar refractivity (Wildman–Crippen MR) is 110 cm³/mol. The second-order valence-electron chi connectivity index (χ2n) is 6.69. The first-order chi connectivity index (χ1) is 14.1. The first-order valence-electron chi connectivity index (χ1n) is 9.40. The number of hydrogen-bond acceptors (Lipinski definition) is 5. The fourth-order valence-electron chi connectivity index (χ4n) is 2.90. The lowest BCUT2D eigenvalue weighted by molar-refractivity contribution is -0.138. The zero-order valence-electron chi connectivity index (χ0n) is 16.3. The number of likely N-dealkylation sites (N-methyl/N-ethyl adjacent to an activating group) is 1. The number of nitrogens with zero attached hydrogens (tertiary/aromatic N) is 2. The summed E-state index contributed by atoms with van der Waals surface area (Å²) in [6.07, 6.45) is 3.85. The lowest BCUT2D eigenvalue weighted by Gasteiger charge is -2.22. The second kappa shape index (κ2) is 10.2. The van der Waals surface area contributed by atoms with Crippen LogP contribution in [0.4, 0.5) is 0 Å². The first-order valence-corrected chi connectivity index (χ1v) is 9.40. The van der Waals surface area contributed by atoms with E-state index >= 15 is 0 Å². The molecule has 0 fully saturated rings. The van der Waals surface area contributed by atoms with Crippen LogP contribution in [0, 0.1) is 0 Å². The number of pyridine rings is 1. The number of benzene rings is 2. The highest BCUT2D eigenvalue weighted by Crippen LogP contribution is 2.28. The average molecular weight is 392 g/mol. The normalized spacial score (nSPS) is 11.8. The zero-order valence-corrected chi connectivity index (χ0v) is 16.3. The SMILES string of the molecule is CN(CCC(Oc1ccc(Oc2ccncc2)cc1)c1ccccc1)CC(=O)O. The molecule has 1 atom stereocenters. The van der Waals surface area contributed by atoms with Gasteiger partial charge >= 0.3 is 5.97 Å². The van der Waals surface area contributed by atoms with Gasteiger partial charge in [0.05, 0.1) is 6.54 Å². The van der Waals surface area contributed by atoms with Crippen molar-refractivity contribution in [3.05, 3.63) is 84.7 Å². The Morgan fingerprint density at radius 1 is 0.966 bits per heavy atom. The van der Waals surface area contributed by atoms with Crippen molar-refractivity contribution < 1.29 is 19.4 Å². The lowest BCUT2D eigenvalue weighted by atomic mass is 10.1. The van der Waals surface area contributed by atoms with Crippen LogP contribution in [0.1, 0.15) is 18.1 Å². The van der Waals surface area contributed by atoms with Gasteiger partial charge in [0.15, 0.2) is 0 Å². The Hall–Kier alpha value is -3.38. The van der Waals surface area contributed by atoms with Crippen molar-refractivity contribution in [3.63, 3.8) is 0 Å². The molecular formula is C23H24N2O4. The predicted octanol–water partition coefficient (Wildman–Crippen LogP) is 4.40. The maximum absolute atomic E-state index is 10.9. The molecule has 0 aliphatic rings. The van der Waals surface area contributed by atoms with Gasteiger partial charge in [-0.1, -0.05) is 30.3 Å². The number of carboxylic acid groups (broad SMARTS) is 1. The van der Waals surface area contributed by atoms with Crippen LogP contribution in [0.2, 0.25) is 0 Å². The fourth-order valence-corrected chi connectivity index (χ4v) is 2.90. The van der Waals surface area contributed by atoms with Gasteiger partial charge in [0.25, 0.3) is 0 Å². The summed E-state index contributed by atoms with van der Waals surface area (Å²) in [4.78, 5) is 16.6. The second-order valence-corrected chi connectivity index (χ2v) is 6.69. The largest absolute Gasteiger partial charge is 0.486 e. The highest BCUT2D eigenvalue weighted by molar-refractivity contribution is 5.68. The van der Waals surface area contributed by atoms with Gasteiger partial charge in [-0.25, -0.2) is 0 Å². The quantitative estimate of drug-likeness (QED) is 0.551. The molecule has 29 heavy (non-hydrogen) atoms. The van der Waals surface area contributed by atoms with Crippen molar-refractivity contribution in [2.24, 2.45) is 0 Å². The molecule has 0 radical (unpaired) electrons. The van der Waals surface area contributed by atoms with Crippen molar-refractivity contribution >= 4 is 5.97 Å². The average Bonchev–Trinajstić information content (AvgIpc) is 2.73. The van der Waals surface area contributed by atoms with Crippen molar-refractivity contribution in [1.29, 1.82) is 0 Å². The van der Waals surface area contributed by atoms with Gasteiger partial charge in [0.2, 0.25) is 0 Å². The summed E-state index contributed by atoms with van der Waals surface area (Å²) in [5.74, 6) is 1.31.